The van der Waals surface area contributed by atoms with Gasteiger partial charge >= 0.3 is 5.97 Å². The number of nitrogens with two attached hydrogens (primary N) is 1. The van der Waals surface area contributed by atoms with Crippen LogP contribution in [0.25, 0.3) is 0 Å². The average Bonchev–Trinajstić information content (AvgIpc) is 2.65. The molecule has 2 rings (SSSR count). The van der Waals surface area contributed by atoms with Crippen molar-refractivity contribution in [1.29, 1.82) is 0 Å². The number of nitrogens with one attached hydrogen (secondary N) is 1. The van der Waals surface area contributed by atoms with E-state index in [4.69, 9.17) is 5.73 Å². The maximum atomic E-state index is 12.1. The Kier molecular flexibility index (Phi) is 3.85. The van der Waals surface area contributed by atoms with E-state index in [0.29, 0.717) is 6.42 Å². The van der Waals surface area contributed by atoms with Crippen molar-refractivity contribution in [2.45, 2.75) is 69.4 Å². The van der Waals surface area contributed by atoms with Gasteiger partial charge in [-0.25, -0.2) is 0 Å². The molecule has 19 heavy (non-hydrogen) atoms. The minimum atomic E-state index is -1.28. The minimum Gasteiger partial charge on any atom is -0.480 e. The largest absolute Gasteiger partial charge is 0.480 e. The number of amides is 1. The molecule has 2 atom stereocenters. The number of aliphatic carboxylic acids is 1. The monoisotopic (exact) mass is 268 g/mol. The summed E-state index contributed by atoms with van der Waals surface area (Å²) in [4.78, 5) is 23.4. The summed E-state index contributed by atoms with van der Waals surface area (Å²) in [6.45, 7) is 1.76. The maximum absolute atomic E-state index is 12.1. The van der Waals surface area contributed by atoms with E-state index in [0.717, 1.165) is 32.1 Å². The third-order valence-corrected chi connectivity index (χ3v) is 4.87. The molecule has 0 bridgehead atoms. The number of carboxylic acid groups (broad SMARTS) is 1. The van der Waals surface area contributed by atoms with Gasteiger partial charge in [0.2, 0.25) is 5.91 Å². The second-order valence-electron chi connectivity index (χ2n) is 6.25. The summed E-state index contributed by atoms with van der Waals surface area (Å²) < 4.78 is 0. The summed E-state index contributed by atoms with van der Waals surface area (Å²) in [5.74, 6) is -1.27. The first-order valence-corrected chi connectivity index (χ1v) is 7.25. The van der Waals surface area contributed by atoms with E-state index in [2.05, 4.69) is 5.32 Å². The van der Waals surface area contributed by atoms with E-state index in [-0.39, 0.29) is 23.8 Å². The van der Waals surface area contributed by atoms with Crippen molar-refractivity contribution in [2.24, 2.45) is 11.7 Å². The first-order valence-electron chi connectivity index (χ1n) is 7.25. The molecular formula is C14H24N2O3. The van der Waals surface area contributed by atoms with E-state index in [9.17, 15) is 14.7 Å². The highest BCUT2D eigenvalue weighted by Gasteiger charge is 2.47. The zero-order valence-electron chi connectivity index (χ0n) is 11.6. The maximum Gasteiger partial charge on any atom is 0.323 e. The van der Waals surface area contributed by atoms with Gasteiger partial charge in [-0.1, -0.05) is 26.2 Å². The number of carbonyl (C=O) groups is 2. The molecule has 1 aliphatic heterocycles. The molecule has 1 saturated heterocycles. The molecule has 1 spiro atoms. The molecule has 5 nitrogen and oxygen atoms in total. The third kappa shape index (κ3) is 2.76. The lowest BCUT2D eigenvalue weighted by molar-refractivity contribution is -0.144. The van der Waals surface area contributed by atoms with Crippen LogP contribution in [0.1, 0.15) is 58.3 Å². The van der Waals surface area contributed by atoms with Crippen molar-refractivity contribution in [3.8, 4) is 0 Å². The molecule has 5 heteroatoms. The molecule has 0 aromatic heterocycles. The van der Waals surface area contributed by atoms with Crippen LogP contribution >= 0.6 is 0 Å². The van der Waals surface area contributed by atoms with Gasteiger partial charge in [-0.3, -0.25) is 9.59 Å². The molecule has 2 fully saturated rings. The SMILES string of the molecule is CCC(N)(CC1CC2(CCCCC2)NC1=O)C(=O)O. The molecule has 2 aliphatic rings. The molecular weight excluding hydrogens is 244 g/mol. The molecule has 2 unspecified atom stereocenters. The van der Waals surface area contributed by atoms with Gasteiger partial charge in [0.05, 0.1) is 0 Å². The van der Waals surface area contributed by atoms with Crippen molar-refractivity contribution < 1.29 is 14.7 Å². The Hall–Kier alpha value is -1.10. The van der Waals surface area contributed by atoms with Gasteiger partial charge in [-0.05, 0) is 32.1 Å². The summed E-state index contributed by atoms with van der Waals surface area (Å²) in [6.07, 6.45) is 6.90. The Bertz CT molecular complexity index is 377. The normalized spacial score (nSPS) is 28.9. The van der Waals surface area contributed by atoms with Crippen molar-refractivity contribution in [2.75, 3.05) is 0 Å². The predicted molar refractivity (Wildman–Crippen MR) is 71.5 cm³/mol. The van der Waals surface area contributed by atoms with Crippen LogP contribution in [0.3, 0.4) is 0 Å². The molecule has 1 amide bonds. The first-order chi connectivity index (χ1) is 8.91. The van der Waals surface area contributed by atoms with Gasteiger partial charge in [-0.2, -0.15) is 0 Å². The van der Waals surface area contributed by atoms with Crippen LogP contribution in [0.5, 0.6) is 0 Å². The molecule has 0 aromatic rings. The third-order valence-electron chi connectivity index (χ3n) is 4.87. The van der Waals surface area contributed by atoms with Crippen molar-refractivity contribution in [3.63, 3.8) is 0 Å². The van der Waals surface area contributed by atoms with E-state index in [1.54, 1.807) is 6.92 Å². The van der Waals surface area contributed by atoms with Crippen molar-refractivity contribution in [1.82, 2.24) is 5.32 Å². The van der Waals surface area contributed by atoms with Crippen LogP contribution in [-0.4, -0.2) is 28.1 Å². The standard InChI is InChI=1S/C14H24N2O3/c1-2-14(15,12(18)19)9-10-8-13(16-11(10)17)6-4-3-5-7-13/h10H,2-9,15H2,1H3,(H,16,17)(H,18,19). The number of hydrogen-bond donors (Lipinski definition) is 3. The number of carbonyl (C=O) groups excluding carboxylic acids is 1. The highest BCUT2D eigenvalue weighted by molar-refractivity contribution is 5.84. The summed E-state index contributed by atoms with van der Waals surface area (Å²) in [5, 5.41) is 12.3. The molecule has 4 N–H and O–H groups in total. The van der Waals surface area contributed by atoms with Gasteiger partial charge in [-0.15, -0.1) is 0 Å². The average molecular weight is 268 g/mol. The van der Waals surface area contributed by atoms with Crippen LogP contribution in [-0.2, 0) is 9.59 Å². The van der Waals surface area contributed by atoms with Gasteiger partial charge in [0.25, 0.3) is 0 Å². The quantitative estimate of drug-likeness (QED) is 0.718. The van der Waals surface area contributed by atoms with Crippen molar-refractivity contribution in [3.05, 3.63) is 0 Å². The van der Waals surface area contributed by atoms with E-state index in [1.807, 2.05) is 0 Å². The highest BCUT2D eigenvalue weighted by Crippen LogP contribution is 2.40. The Labute approximate surface area is 113 Å². The summed E-state index contributed by atoms with van der Waals surface area (Å²) in [6, 6.07) is 0. The van der Waals surface area contributed by atoms with Crippen LogP contribution in [0.4, 0.5) is 0 Å². The van der Waals surface area contributed by atoms with Gasteiger partial charge in [0, 0.05) is 11.5 Å². The number of carboxylic acids is 1. The van der Waals surface area contributed by atoms with Gasteiger partial charge in [0.1, 0.15) is 5.54 Å². The van der Waals surface area contributed by atoms with Crippen LogP contribution < -0.4 is 11.1 Å². The van der Waals surface area contributed by atoms with E-state index >= 15 is 0 Å². The molecule has 0 aromatic carbocycles. The smallest absolute Gasteiger partial charge is 0.323 e. The number of hydrogen-bond acceptors (Lipinski definition) is 3. The summed E-state index contributed by atoms with van der Waals surface area (Å²) in [5.41, 5.74) is 4.57. The Morgan fingerprint density at radius 2 is 2.11 bits per heavy atom. The number of rotatable bonds is 4. The molecule has 108 valence electrons. The fraction of sp³-hybridized carbons (Fsp3) is 0.857. The Morgan fingerprint density at radius 3 is 2.63 bits per heavy atom. The van der Waals surface area contributed by atoms with E-state index < -0.39 is 11.5 Å². The second kappa shape index (κ2) is 5.12. The lowest BCUT2D eigenvalue weighted by atomic mass is 9.76. The molecule has 1 heterocycles. The topological polar surface area (TPSA) is 92.4 Å². The lowest BCUT2D eigenvalue weighted by Crippen LogP contribution is -2.49. The van der Waals surface area contributed by atoms with Crippen LogP contribution in [0.15, 0.2) is 0 Å². The van der Waals surface area contributed by atoms with Crippen molar-refractivity contribution >= 4 is 11.9 Å². The lowest BCUT2D eigenvalue weighted by Gasteiger charge is -2.33. The zero-order chi connectivity index (χ0) is 14.1. The van der Waals surface area contributed by atoms with E-state index in [1.165, 1.54) is 6.42 Å². The zero-order valence-corrected chi connectivity index (χ0v) is 11.6. The summed E-state index contributed by atoms with van der Waals surface area (Å²) >= 11 is 0. The van der Waals surface area contributed by atoms with Crippen LogP contribution in [0.2, 0.25) is 0 Å². The predicted octanol–water partition coefficient (Wildman–Crippen LogP) is 1.41. The highest BCUT2D eigenvalue weighted by atomic mass is 16.4. The molecule has 1 saturated carbocycles. The van der Waals surface area contributed by atoms with Gasteiger partial charge < -0.3 is 16.2 Å². The Balaban J connectivity index is 2.06. The fourth-order valence-electron chi connectivity index (χ4n) is 3.52. The second-order valence-corrected chi connectivity index (χ2v) is 6.25. The molecule has 0 radical (unpaired) electrons. The fourth-order valence-corrected chi connectivity index (χ4v) is 3.52. The summed E-state index contributed by atoms with van der Waals surface area (Å²) in [7, 11) is 0. The van der Waals surface area contributed by atoms with Crippen LogP contribution in [0, 0.1) is 5.92 Å². The van der Waals surface area contributed by atoms with Gasteiger partial charge in [0.15, 0.2) is 0 Å². The first kappa shape index (κ1) is 14.3. The Morgan fingerprint density at radius 1 is 1.47 bits per heavy atom. The molecule has 1 aliphatic carbocycles. The minimum absolute atomic E-state index is 0.00794.